The van der Waals surface area contributed by atoms with E-state index in [9.17, 15) is 8.42 Å². The van der Waals surface area contributed by atoms with Crippen LogP contribution < -0.4 is 0 Å². The number of hydrogen-bond donors (Lipinski definition) is 0. The average molecular weight is 322 g/mol. The minimum atomic E-state index is -3.42. The third kappa shape index (κ3) is 2.56. The summed E-state index contributed by atoms with van der Waals surface area (Å²) >= 11 is 6.98. The van der Waals surface area contributed by atoms with Gasteiger partial charge in [0.25, 0.3) is 10.0 Å². The van der Waals surface area contributed by atoms with E-state index < -0.39 is 10.0 Å². The molecule has 0 amide bonds. The van der Waals surface area contributed by atoms with Crippen LogP contribution in [-0.2, 0) is 14.8 Å². The van der Waals surface area contributed by atoms with Crippen LogP contribution in [0.25, 0.3) is 0 Å². The Morgan fingerprint density at radius 3 is 2.84 bits per heavy atom. The van der Waals surface area contributed by atoms with Gasteiger partial charge in [-0.05, 0) is 25.0 Å². The number of morpholine rings is 1. The highest BCUT2D eigenvalue weighted by molar-refractivity contribution is 7.91. The van der Waals surface area contributed by atoms with Gasteiger partial charge in [0.05, 0.1) is 23.1 Å². The first kappa shape index (κ1) is 13.8. The Labute approximate surface area is 122 Å². The number of halogens is 1. The fourth-order valence-electron chi connectivity index (χ4n) is 2.91. The number of ether oxygens (including phenoxy) is 1. The lowest BCUT2D eigenvalue weighted by Gasteiger charge is -2.42. The van der Waals surface area contributed by atoms with Gasteiger partial charge in [0.1, 0.15) is 4.21 Å². The molecule has 1 aliphatic heterocycles. The maximum atomic E-state index is 12.7. The summed E-state index contributed by atoms with van der Waals surface area (Å²) in [4.78, 5) is 0. The Hall–Kier alpha value is -0.140. The summed E-state index contributed by atoms with van der Waals surface area (Å²) in [6.07, 6.45) is 4.11. The maximum absolute atomic E-state index is 12.7. The number of thiophene rings is 1. The van der Waals surface area contributed by atoms with Gasteiger partial charge >= 0.3 is 0 Å². The van der Waals surface area contributed by atoms with Gasteiger partial charge < -0.3 is 4.74 Å². The molecular weight excluding hydrogens is 306 g/mol. The minimum absolute atomic E-state index is 0.00613. The first-order valence-electron chi connectivity index (χ1n) is 6.48. The fourth-order valence-corrected chi connectivity index (χ4v) is 6.19. The molecule has 1 aromatic rings. The number of sulfonamides is 1. The number of nitrogens with zero attached hydrogens (tertiary/aromatic N) is 1. The van der Waals surface area contributed by atoms with Crippen molar-refractivity contribution in [2.75, 3.05) is 13.2 Å². The lowest BCUT2D eigenvalue weighted by Crippen LogP contribution is -2.54. The molecule has 2 atom stereocenters. The van der Waals surface area contributed by atoms with Gasteiger partial charge in [0.2, 0.25) is 0 Å². The molecule has 1 aromatic heterocycles. The van der Waals surface area contributed by atoms with E-state index in [0.29, 0.717) is 21.7 Å². The topological polar surface area (TPSA) is 46.6 Å². The van der Waals surface area contributed by atoms with E-state index in [0.717, 1.165) is 37.0 Å². The van der Waals surface area contributed by atoms with Crippen molar-refractivity contribution in [2.24, 2.45) is 0 Å². The molecule has 0 bridgehead atoms. The van der Waals surface area contributed by atoms with Gasteiger partial charge in [-0.25, -0.2) is 8.42 Å². The van der Waals surface area contributed by atoms with E-state index >= 15 is 0 Å². The van der Waals surface area contributed by atoms with E-state index in [1.165, 1.54) is 0 Å². The van der Waals surface area contributed by atoms with Crippen LogP contribution in [0.4, 0.5) is 0 Å². The van der Waals surface area contributed by atoms with Crippen molar-refractivity contribution >= 4 is 33.0 Å². The van der Waals surface area contributed by atoms with Crippen LogP contribution in [0.2, 0.25) is 4.34 Å². The van der Waals surface area contributed by atoms with E-state index in [1.807, 2.05) is 0 Å². The summed E-state index contributed by atoms with van der Waals surface area (Å²) in [5.41, 5.74) is 0. The van der Waals surface area contributed by atoms with Gasteiger partial charge in [-0.1, -0.05) is 24.4 Å². The fraction of sp³-hybridized carbons (Fsp3) is 0.667. The van der Waals surface area contributed by atoms with Crippen molar-refractivity contribution in [3.05, 3.63) is 16.5 Å². The van der Waals surface area contributed by atoms with Gasteiger partial charge in [0, 0.05) is 6.54 Å². The van der Waals surface area contributed by atoms with Crippen molar-refractivity contribution in [2.45, 2.75) is 42.0 Å². The summed E-state index contributed by atoms with van der Waals surface area (Å²) < 4.78 is 33.5. The largest absolute Gasteiger partial charge is 0.375 e. The normalized spacial score (nSPS) is 29.1. The van der Waals surface area contributed by atoms with Gasteiger partial charge in [-0.15, -0.1) is 11.3 Å². The van der Waals surface area contributed by atoms with E-state index in [4.69, 9.17) is 16.3 Å². The van der Waals surface area contributed by atoms with E-state index in [2.05, 4.69) is 0 Å². The standard InChI is InChI=1S/C12H16ClNO3S2/c13-11-5-6-12(18-11)19(15,16)14-7-8-17-10-4-2-1-3-9(10)14/h5-6,9-10H,1-4,7-8H2/t9-,10-/m0/s1. The highest BCUT2D eigenvalue weighted by atomic mass is 35.5. The highest BCUT2D eigenvalue weighted by Gasteiger charge is 2.41. The molecule has 2 aliphatic rings. The van der Waals surface area contributed by atoms with Gasteiger partial charge in [-0.2, -0.15) is 4.31 Å². The molecule has 7 heteroatoms. The SMILES string of the molecule is O=S(=O)(c1ccc(Cl)s1)N1CCO[C@H]2CCCC[C@@H]21. The molecule has 0 spiro atoms. The van der Waals surface area contributed by atoms with Gasteiger partial charge in [-0.3, -0.25) is 0 Å². The van der Waals surface area contributed by atoms with Crippen LogP contribution in [-0.4, -0.2) is 38.0 Å². The van der Waals surface area contributed by atoms with Crippen molar-refractivity contribution in [1.29, 1.82) is 0 Å². The predicted molar refractivity (Wildman–Crippen MR) is 75.2 cm³/mol. The van der Waals surface area contributed by atoms with E-state index in [-0.39, 0.29) is 12.1 Å². The monoisotopic (exact) mass is 321 g/mol. The molecule has 106 valence electrons. The molecule has 2 fully saturated rings. The predicted octanol–water partition coefficient (Wildman–Crippen LogP) is 2.73. The first-order chi connectivity index (χ1) is 9.09. The van der Waals surface area contributed by atoms with Crippen molar-refractivity contribution in [3.8, 4) is 0 Å². The molecule has 1 aliphatic carbocycles. The third-order valence-corrected chi connectivity index (χ3v) is 7.42. The van der Waals surface area contributed by atoms with Gasteiger partial charge in [0.15, 0.2) is 0 Å². The maximum Gasteiger partial charge on any atom is 0.253 e. The quantitative estimate of drug-likeness (QED) is 0.841. The Balaban J connectivity index is 1.91. The Morgan fingerprint density at radius 2 is 2.11 bits per heavy atom. The zero-order valence-corrected chi connectivity index (χ0v) is 12.8. The van der Waals surface area contributed by atoms with Crippen LogP contribution >= 0.6 is 22.9 Å². The second-order valence-electron chi connectivity index (χ2n) is 4.94. The molecule has 0 unspecified atom stereocenters. The number of hydrogen-bond acceptors (Lipinski definition) is 4. The lowest BCUT2D eigenvalue weighted by atomic mass is 9.91. The molecule has 1 saturated carbocycles. The van der Waals surface area contributed by atoms with Crippen LogP contribution in [0.3, 0.4) is 0 Å². The van der Waals surface area contributed by atoms with E-state index in [1.54, 1.807) is 16.4 Å². The molecule has 1 saturated heterocycles. The second kappa shape index (κ2) is 5.33. The Morgan fingerprint density at radius 1 is 1.32 bits per heavy atom. The first-order valence-corrected chi connectivity index (χ1v) is 9.11. The Bertz CT molecular complexity index is 555. The zero-order valence-electron chi connectivity index (χ0n) is 10.4. The molecule has 4 nitrogen and oxygen atoms in total. The van der Waals surface area contributed by atoms with Crippen molar-refractivity contribution < 1.29 is 13.2 Å². The third-order valence-electron chi connectivity index (χ3n) is 3.79. The molecule has 0 N–H and O–H groups in total. The van der Waals surface area contributed by atoms with Crippen LogP contribution in [0.15, 0.2) is 16.3 Å². The molecule has 3 rings (SSSR count). The lowest BCUT2D eigenvalue weighted by molar-refractivity contribution is -0.0585. The Kier molecular flexibility index (Phi) is 3.88. The average Bonchev–Trinajstić information content (AvgIpc) is 2.85. The second-order valence-corrected chi connectivity index (χ2v) is 8.77. The number of fused-ring (bicyclic) bond motifs is 1. The smallest absolute Gasteiger partial charge is 0.253 e. The molecule has 2 heterocycles. The number of rotatable bonds is 2. The van der Waals surface area contributed by atoms with Crippen molar-refractivity contribution in [1.82, 2.24) is 4.31 Å². The summed E-state index contributed by atoms with van der Waals surface area (Å²) in [6, 6.07) is 3.22. The molecule has 19 heavy (non-hydrogen) atoms. The summed E-state index contributed by atoms with van der Waals surface area (Å²) in [6.45, 7) is 0.929. The molecule has 0 aromatic carbocycles. The molecule has 0 radical (unpaired) electrons. The van der Waals surface area contributed by atoms with Crippen LogP contribution in [0.1, 0.15) is 25.7 Å². The summed E-state index contributed by atoms with van der Waals surface area (Å²) in [5, 5.41) is 0. The van der Waals surface area contributed by atoms with Crippen LogP contribution in [0, 0.1) is 0 Å². The summed E-state index contributed by atoms with van der Waals surface area (Å²) in [7, 11) is -3.42. The summed E-state index contributed by atoms with van der Waals surface area (Å²) in [5.74, 6) is 0. The highest BCUT2D eigenvalue weighted by Crippen LogP contribution is 2.35. The van der Waals surface area contributed by atoms with Crippen LogP contribution in [0.5, 0.6) is 0 Å². The van der Waals surface area contributed by atoms with Crippen molar-refractivity contribution in [3.63, 3.8) is 0 Å². The minimum Gasteiger partial charge on any atom is -0.375 e. The molecular formula is C12H16ClNO3S2. The zero-order chi connectivity index (χ0) is 13.5.